The highest BCUT2D eigenvalue weighted by Gasteiger charge is 2.06. The summed E-state index contributed by atoms with van der Waals surface area (Å²) in [6.07, 6.45) is 1.85. The monoisotopic (exact) mass is 396 g/mol. The summed E-state index contributed by atoms with van der Waals surface area (Å²) in [6, 6.07) is 12.4. The number of nitro benzene ring substituents is 2. The van der Waals surface area contributed by atoms with E-state index >= 15 is 0 Å². The highest BCUT2D eigenvalue weighted by molar-refractivity contribution is 14.1. The third kappa shape index (κ3) is 3.85. The summed E-state index contributed by atoms with van der Waals surface area (Å²) >= 11 is 2.12. The van der Waals surface area contributed by atoms with Crippen LogP contribution in [0.1, 0.15) is 11.1 Å². The van der Waals surface area contributed by atoms with Gasteiger partial charge in [0.1, 0.15) is 0 Å². The molecule has 0 heterocycles. The average molecular weight is 396 g/mol. The fraction of sp³-hybridized carbons (Fsp3) is 0. The second kappa shape index (κ2) is 6.44. The van der Waals surface area contributed by atoms with Crippen molar-refractivity contribution in [2.45, 2.75) is 0 Å². The number of nitro groups is 2. The molecule has 21 heavy (non-hydrogen) atoms. The Kier molecular flexibility index (Phi) is 4.63. The van der Waals surface area contributed by atoms with E-state index in [0.717, 1.165) is 14.7 Å². The predicted molar refractivity (Wildman–Crippen MR) is 88.1 cm³/mol. The zero-order valence-corrected chi connectivity index (χ0v) is 12.8. The van der Waals surface area contributed by atoms with Crippen LogP contribution in [0.25, 0.3) is 9.66 Å². The Morgan fingerprint density at radius 2 is 1.29 bits per heavy atom. The van der Waals surface area contributed by atoms with Crippen LogP contribution in [0.3, 0.4) is 0 Å². The fourth-order valence-electron chi connectivity index (χ4n) is 1.66. The highest BCUT2D eigenvalue weighted by atomic mass is 127. The van der Waals surface area contributed by atoms with Gasteiger partial charge in [-0.1, -0.05) is 0 Å². The van der Waals surface area contributed by atoms with E-state index < -0.39 is 9.85 Å². The van der Waals surface area contributed by atoms with Crippen molar-refractivity contribution in [3.8, 4) is 0 Å². The van der Waals surface area contributed by atoms with Crippen LogP contribution in [0.4, 0.5) is 11.4 Å². The second-order valence-electron chi connectivity index (χ2n) is 4.14. The van der Waals surface area contributed by atoms with Crippen molar-refractivity contribution in [3.05, 3.63) is 79.9 Å². The standard InChI is InChI=1S/C14H9IN2O4/c15-14(11-3-7-13(8-4-11)17(20)21)9-10-1-5-12(6-2-10)16(18)19/h1-9H/b14-9+. The fourth-order valence-corrected chi connectivity index (χ4v) is 2.38. The Labute approximate surface area is 133 Å². The molecule has 0 spiro atoms. The SMILES string of the molecule is O=[N+]([O-])c1ccc(/C=C(/I)c2ccc([N+](=O)[O-])cc2)cc1. The highest BCUT2D eigenvalue weighted by Crippen LogP contribution is 2.27. The Balaban J connectivity index is 2.23. The molecule has 2 aromatic carbocycles. The first-order valence-corrected chi connectivity index (χ1v) is 6.92. The zero-order chi connectivity index (χ0) is 15.4. The van der Waals surface area contributed by atoms with Crippen LogP contribution in [0.15, 0.2) is 48.5 Å². The van der Waals surface area contributed by atoms with Crippen LogP contribution in [-0.4, -0.2) is 9.85 Å². The van der Waals surface area contributed by atoms with Crippen molar-refractivity contribution in [1.29, 1.82) is 0 Å². The topological polar surface area (TPSA) is 86.3 Å². The Morgan fingerprint density at radius 3 is 1.71 bits per heavy atom. The van der Waals surface area contributed by atoms with Crippen LogP contribution < -0.4 is 0 Å². The van der Waals surface area contributed by atoms with Crippen LogP contribution in [0.5, 0.6) is 0 Å². The molecule has 0 bridgehead atoms. The lowest BCUT2D eigenvalue weighted by atomic mass is 10.1. The van der Waals surface area contributed by atoms with E-state index in [9.17, 15) is 20.2 Å². The molecule has 0 saturated carbocycles. The van der Waals surface area contributed by atoms with Gasteiger partial charge in [0.15, 0.2) is 0 Å². The van der Waals surface area contributed by atoms with E-state index in [1.54, 1.807) is 24.3 Å². The maximum Gasteiger partial charge on any atom is 0.269 e. The maximum atomic E-state index is 10.6. The summed E-state index contributed by atoms with van der Waals surface area (Å²) in [5, 5.41) is 21.2. The van der Waals surface area contributed by atoms with Gasteiger partial charge in [-0.15, -0.1) is 0 Å². The summed E-state index contributed by atoms with van der Waals surface area (Å²) in [7, 11) is 0. The molecular weight excluding hydrogens is 387 g/mol. The Hall–Kier alpha value is -2.29. The third-order valence-corrected chi connectivity index (χ3v) is 3.69. The van der Waals surface area contributed by atoms with Gasteiger partial charge in [-0.25, -0.2) is 0 Å². The number of hydrogen-bond donors (Lipinski definition) is 0. The molecule has 0 saturated heterocycles. The number of nitrogens with zero attached hydrogens (tertiary/aromatic N) is 2. The molecule has 0 radical (unpaired) electrons. The molecule has 0 aliphatic rings. The average Bonchev–Trinajstić information content (AvgIpc) is 2.47. The van der Waals surface area contributed by atoms with Gasteiger partial charge < -0.3 is 0 Å². The Morgan fingerprint density at radius 1 is 0.857 bits per heavy atom. The lowest BCUT2D eigenvalue weighted by Crippen LogP contribution is -1.88. The molecule has 0 fully saturated rings. The predicted octanol–water partition coefficient (Wildman–Crippen LogP) is 4.44. The van der Waals surface area contributed by atoms with Gasteiger partial charge in [-0.2, -0.15) is 0 Å². The number of non-ortho nitro benzene ring substituents is 2. The molecule has 0 aromatic heterocycles. The summed E-state index contributed by atoms with van der Waals surface area (Å²) < 4.78 is 0.886. The molecular formula is C14H9IN2O4. The largest absolute Gasteiger partial charge is 0.269 e. The normalized spacial score (nSPS) is 11.2. The van der Waals surface area contributed by atoms with Crippen LogP contribution in [0, 0.1) is 20.2 Å². The molecule has 0 atom stereocenters. The summed E-state index contributed by atoms with van der Waals surface area (Å²) in [6.45, 7) is 0. The quantitative estimate of drug-likeness (QED) is 0.331. The molecule has 0 aliphatic carbocycles. The van der Waals surface area contributed by atoms with Gasteiger partial charge in [0.2, 0.25) is 0 Å². The number of benzene rings is 2. The number of hydrogen-bond acceptors (Lipinski definition) is 4. The first-order valence-electron chi connectivity index (χ1n) is 5.84. The van der Waals surface area contributed by atoms with Crippen molar-refractivity contribution in [2.24, 2.45) is 0 Å². The van der Waals surface area contributed by atoms with Gasteiger partial charge in [0.25, 0.3) is 11.4 Å². The van der Waals surface area contributed by atoms with E-state index in [0.29, 0.717) is 0 Å². The number of halogens is 1. The molecule has 0 N–H and O–H groups in total. The van der Waals surface area contributed by atoms with E-state index in [4.69, 9.17) is 0 Å². The van der Waals surface area contributed by atoms with E-state index in [2.05, 4.69) is 22.6 Å². The maximum absolute atomic E-state index is 10.6. The molecule has 7 heteroatoms. The molecule has 2 rings (SSSR count). The summed E-state index contributed by atoms with van der Waals surface area (Å²) in [5.74, 6) is 0. The van der Waals surface area contributed by atoms with Gasteiger partial charge in [0, 0.05) is 27.8 Å². The minimum Gasteiger partial charge on any atom is -0.258 e. The van der Waals surface area contributed by atoms with E-state index in [1.807, 2.05) is 6.08 Å². The van der Waals surface area contributed by atoms with Crippen molar-refractivity contribution in [2.75, 3.05) is 0 Å². The summed E-state index contributed by atoms with van der Waals surface area (Å²) in [5.41, 5.74) is 1.75. The third-order valence-electron chi connectivity index (χ3n) is 2.75. The van der Waals surface area contributed by atoms with Gasteiger partial charge in [0.05, 0.1) is 9.85 Å². The zero-order valence-electron chi connectivity index (χ0n) is 10.6. The lowest BCUT2D eigenvalue weighted by molar-refractivity contribution is -0.385. The second-order valence-corrected chi connectivity index (χ2v) is 5.31. The lowest BCUT2D eigenvalue weighted by Gasteiger charge is -2.00. The van der Waals surface area contributed by atoms with Crippen molar-refractivity contribution < 1.29 is 9.85 Å². The number of rotatable bonds is 4. The minimum atomic E-state index is -0.450. The minimum absolute atomic E-state index is 0.0393. The van der Waals surface area contributed by atoms with Crippen molar-refractivity contribution in [1.82, 2.24) is 0 Å². The van der Waals surface area contributed by atoms with Gasteiger partial charge in [-0.05, 0) is 64.1 Å². The van der Waals surface area contributed by atoms with Gasteiger partial charge in [-0.3, -0.25) is 20.2 Å². The van der Waals surface area contributed by atoms with Crippen molar-refractivity contribution >= 4 is 43.6 Å². The summed E-state index contributed by atoms with van der Waals surface area (Å²) in [4.78, 5) is 20.3. The van der Waals surface area contributed by atoms with Crippen LogP contribution in [0.2, 0.25) is 0 Å². The molecule has 0 unspecified atom stereocenters. The first kappa shape index (κ1) is 15.1. The van der Waals surface area contributed by atoms with Gasteiger partial charge >= 0.3 is 0 Å². The molecule has 0 amide bonds. The van der Waals surface area contributed by atoms with Crippen LogP contribution >= 0.6 is 22.6 Å². The molecule has 0 aliphatic heterocycles. The first-order chi connectivity index (χ1) is 9.97. The Bertz CT molecular complexity index is 709. The van der Waals surface area contributed by atoms with Crippen LogP contribution in [-0.2, 0) is 0 Å². The van der Waals surface area contributed by atoms with Crippen molar-refractivity contribution in [3.63, 3.8) is 0 Å². The molecule has 6 nitrogen and oxygen atoms in total. The smallest absolute Gasteiger partial charge is 0.258 e. The van der Waals surface area contributed by atoms with E-state index in [-0.39, 0.29) is 11.4 Å². The molecule has 106 valence electrons. The molecule has 2 aromatic rings. The van der Waals surface area contributed by atoms with E-state index in [1.165, 1.54) is 24.3 Å².